The van der Waals surface area contributed by atoms with E-state index < -0.39 is 0 Å². The van der Waals surface area contributed by atoms with Crippen LogP contribution in [0.5, 0.6) is 5.75 Å². The molecular formula is C16H25NO. The summed E-state index contributed by atoms with van der Waals surface area (Å²) in [6.07, 6.45) is 6.83. The first-order valence-corrected chi connectivity index (χ1v) is 7.15. The molecule has 0 spiro atoms. The number of hydrogen-bond donors (Lipinski definition) is 1. The minimum atomic E-state index is 0.337. The predicted molar refractivity (Wildman–Crippen MR) is 76.2 cm³/mol. The van der Waals surface area contributed by atoms with Crippen LogP contribution in [0, 0.1) is 6.92 Å². The Balaban J connectivity index is 2.15. The fraction of sp³-hybridized carbons (Fsp3) is 0.625. The lowest BCUT2D eigenvalue weighted by Gasteiger charge is -2.25. The third-order valence-corrected chi connectivity index (χ3v) is 3.91. The van der Waals surface area contributed by atoms with Crippen LogP contribution in [0.4, 0.5) is 0 Å². The summed E-state index contributed by atoms with van der Waals surface area (Å²) < 4.78 is 6.22. The highest BCUT2D eigenvalue weighted by molar-refractivity contribution is 5.39. The molecule has 1 aromatic rings. The quantitative estimate of drug-likeness (QED) is 0.868. The first kappa shape index (κ1) is 13.4. The molecule has 1 atom stereocenters. The number of rotatable bonds is 4. The Morgan fingerprint density at radius 3 is 2.61 bits per heavy atom. The molecule has 0 amide bonds. The summed E-state index contributed by atoms with van der Waals surface area (Å²) in [5.41, 5.74) is 2.58. The van der Waals surface area contributed by atoms with E-state index in [-0.39, 0.29) is 0 Å². The van der Waals surface area contributed by atoms with Gasteiger partial charge in [-0.2, -0.15) is 0 Å². The van der Waals surface area contributed by atoms with Crippen molar-refractivity contribution >= 4 is 0 Å². The van der Waals surface area contributed by atoms with E-state index in [4.69, 9.17) is 4.74 Å². The van der Waals surface area contributed by atoms with Gasteiger partial charge in [0.2, 0.25) is 0 Å². The highest BCUT2D eigenvalue weighted by atomic mass is 16.5. The van der Waals surface area contributed by atoms with E-state index in [9.17, 15) is 0 Å². The molecule has 0 heterocycles. The second-order valence-electron chi connectivity index (χ2n) is 5.43. The zero-order valence-electron chi connectivity index (χ0n) is 11.8. The largest absolute Gasteiger partial charge is 0.490 e. The molecule has 0 saturated heterocycles. The maximum absolute atomic E-state index is 6.22. The van der Waals surface area contributed by atoms with Crippen molar-refractivity contribution in [1.29, 1.82) is 0 Å². The summed E-state index contributed by atoms with van der Waals surface area (Å²) in [5.74, 6) is 1.06. The van der Waals surface area contributed by atoms with Gasteiger partial charge in [0.15, 0.2) is 0 Å². The molecule has 1 aromatic carbocycles. The zero-order valence-corrected chi connectivity index (χ0v) is 11.8. The molecule has 1 saturated carbocycles. The lowest BCUT2D eigenvalue weighted by Crippen LogP contribution is -2.22. The molecule has 1 aliphatic rings. The van der Waals surface area contributed by atoms with Crippen molar-refractivity contribution in [3.63, 3.8) is 0 Å². The normalized spacial score (nSPS) is 18.6. The molecule has 2 nitrogen and oxygen atoms in total. The van der Waals surface area contributed by atoms with E-state index in [1.165, 1.54) is 43.2 Å². The molecular weight excluding hydrogens is 222 g/mol. The third kappa shape index (κ3) is 3.26. The summed E-state index contributed by atoms with van der Waals surface area (Å²) in [6, 6.07) is 6.85. The molecule has 0 aromatic heterocycles. The summed E-state index contributed by atoms with van der Waals surface area (Å²) in [4.78, 5) is 0. The predicted octanol–water partition coefficient (Wildman–Crippen LogP) is 3.99. The summed E-state index contributed by atoms with van der Waals surface area (Å²) in [6.45, 7) is 4.32. The Labute approximate surface area is 111 Å². The number of ether oxygens (including phenoxy) is 1. The molecule has 1 N–H and O–H groups in total. The Bertz CT molecular complexity index is 383. The van der Waals surface area contributed by atoms with Gasteiger partial charge in [0.1, 0.15) is 5.75 Å². The Kier molecular flexibility index (Phi) is 4.65. The van der Waals surface area contributed by atoms with Crippen molar-refractivity contribution in [3.05, 3.63) is 29.3 Å². The van der Waals surface area contributed by atoms with Crippen molar-refractivity contribution in [2.24, 2.45) is 0 Å². The molecule has 1 unspecified atom stereocenters. The van der Waals surface area contributed by atoms with E-state index in [2.05, 4.69) is 37.4 Å². The molecule has 2 rings (SSSR count). The van der Waals surface area contributed by atoms with Gasteiger partial charge in [-0.05, 0) is 52.6 Å². The maximum Gasteiger partial charge on any atom is 0.124 e. The van der Waals surface area contributed by atoms with Gasteiger partial charge in [-0.1, -0.05) is 24.1 Å². The van der Waals surface area contributed by atoms with Gasteiger partial charge in [0.05, 0.1) is 6.10 Å². The topological polar surface area (TPSA) is 21.3 Å². The van der Waals surface area contributed by atoms with E-state index >= 15 is 0 Å². The highest BCUT2D eigenvalue weighted by Gasteiger charge is 2.18. The SMILES string of the molecule is CNC(C)c1cc(C)ccc1OC1CCCCC1. The van der Waals surface area contributed by atoms with Crippen LogP contribution < -0.4 is 10.1 Å². The van der Waals surface area contributed by atoms with E-state index in [1.807, 2.05) is 7.05 Å². The molecule has 1 aliphatic carbocycles. The number of aryl methyl sites for hydroxylation is 1. The fourth-order valence-corrected chi connectivity index (χ4v) is 2.63. The lowest BCUT2D eigenvalue weighted by atomic mass is 9.97. The number of nitrogens with one attached hydrogen (secondary N) is 1. The van der Waals surface area contributed by atoms with Gasteiger partial charge < -0.3 is 10.1 Å². The monoisotopic (exact) mass is 247 g/mol. The van der Waals surface area contributed by atoms with Gasteiger partial charge in [-0.3, -0.25) is 0 Å². The van der Waals surface area contributed by atoms with Crippen molar-refractivity contribution < 1.29 is 4.74 Å². The molecule has 1 fully saturated rings. The molecule has 0 aliphatic heterocycles. The number of hydrogen-bond acceptors (Lipinski definition) is 2. The summed E-state index contributed by atoms with van der Waals surface area (Å²) in [7, 11) is 2.00. The minimum absolute atomic E-state index is 0.337. The van der Waals surface area contributed by atoms with E-state index in [0.717, 1.165) is 5.75 Å². The van der Waals surface area contributed by atoms with Gasteiger partial charge >= 0.3 is 0 Å². The third-order valence-electron chi connectivity index (χ3n) is 3.91. The van der Waals surface area contributed by atoms with Crippen molar-refractivity contribution in [3.8, 4) is 5.75 Å². The second-order valence-corrected chi connectivity index (χ2v) is 5.43. The average Bonchev–Trinajstić information content (AvgIpc) is 2.41. The van der Waals surface area contributed by atoms with Crippen molar-refractivity contribution in [2.75, 3.05) is 7.05 Å². The fourth-order valence-electron chi connectivity index (χ4n) is 2.63. The summed E-state index contributed by atoms with van der Waals surface area (Å²) >= 11 is 0. The van der Waals surface area contributed by atoms with Crippen molar-refractivity contribution in [1.82, 2.24) is 5.32 Å². The maximum atomic E-state index is 6.22. The second kappa shape index (κ2) is 6.24. The Morgan fingerprint density at radius 2 is 1.94 bits per heavy atom. The summed E-state index contributed by atoms with van der Waals surface area (Å²) in [5, 5.41) is 3.31. The van der Waals surface area contributed by atoms with Crippen LogP contribution >= 0.6 is 0 Å². The minimum Gasteiger partial charge on any atom is -0.490 e. The molecule has 18 heavy (non-hydrogen) atoms. The van der Waals surface area contributed by atoms with Crippen LogP contribution in [0.1, 0.15) is 56.2 Å². The zero-order chi connectivity index (χ0) is 13.0. The molecule has 2 heteroatoms. The van der Waals surface area contributed by atoms with Gasteiger partial charge in [0, 0.05) is 11.6 Å². The van der Waals surface area contributed by atoms with Crippen molar-refractivity contribution in [2.45, 2.75) is 58.1 Å². The number of benzene rings is 1. The van der Waals surface area contributed by atoms with Crippen LogP contribution in [-0.4, -0.2) is 13.2 Å². The standard InChI is InChI=1S/C16H25NO/c1-12-9-10-16(15(11-12)13(2)17-3)18-14-7-5-4-6-8-14/h9-11,13-14,17H,4-8H2,1-3H3. The molecule has 100 valence electrons. The van der Waals surface area contributed by atoms with E-state index in [1.54, 1.807) is 0 Å². The van der Waals surface area contributed by atoms with Crippen LogP contribution in [-0.2, 0) is 0 Å². The van der Waals surface area contributed by atoms with Gasteiger partial charge in [0.25, 0.3) is 0 Å². The molecule has 0 radical (unpaired) electrons. The lowest BCUT2D eigenvalue weighted by molar-refractivity contribution is 0.152. The van der Waals surface area contributed by atoms with E-state index in [0.29, 0.717) is 12.1 Å². The van der Waals surface area contributed by atoms with Crippen LogP contribution in [0.2, 0.25) is 0 Å². The van der Waals surface area contributed by atoms with Crippen LogP contribution in [0.3, 0.4) is 0 Å². The Morgan fingerprint density at radius 1 is 1.22 bits per heavy atom. The Hall–Kier alpha value is -1.02. The average molecular weight is 247 g/mol. The highest BCUT2D eigenvalue weighted by Crippen LogP contribution is 2.30. The smallest absolute Gasteiger partial charge is 0.124 e. The van der Waals surface area contributed by atoms with Crippen LogP contribution in [0.15, 0.2) is 18.2 Å². The van der Waals surface area contributed by atoms with Gasteiger partial charge in [-0.15, -0.1) is 0 Å². The molecule has 0 bridgehead atoms. The first-order chi connectivity index (χ1) is 8.70. The van der Waals surface area contributed by atoms with Gasteiger partial charge in [-0.25, -0.2) is 0 Å². The first-order valence-electron chi connectivity index (χ1n) is 7.15. The van der Waals surface area contributed by atoms with Crippen LogP contribution in [0.25, 0.3) is 0 Å².